The minimum atomic E-state index is -0.452. The van der Waals surface area contributed by atoms with Gasteiger partial charge in [-0.1, -0.05) is 0 Å². The van der Waals surface area contributed by atoms with Crippen LogP contribution >= 0.6 is 0 Å². The Hall–Kier alpha value is -2.74. The molecule has 8 heteroatoms. The molecule has 0 bridgehead atoms. The van der Waals surface area contributed by atoms with Crippen molar-refractivity contribution in [2.24, 2.45) is 5.73 Å². The molecule has 1 aromatic carbocycles. The van der Waals surface area contributed by atoms with E-state index in [-0.39, 0.29) is 23.7 Å². The number of hydrogen-bond acceptors (Lipinski definition) is 5. The average molecular weight is 343 g/mol. The molecule has 132 valence electrons. The van der Waals surface area contributed by atoms with Crippen LogP contribution in [0.5, 0.6) is 0 Å². The highest BCUT2D eigenvalue weighted by Gasteiger charge is 2.30. The van der Waals surface area contributed by atoms with Gasteiger partial charge in [-0.15, -0.1) is 0 Å². The van der Waals surface area contributed by atoms with Crippen molar-refractivity contribution < 1.29 is 9.72 Å². The van der Waals surface area contributed by atoms with Gasteiger partial charge in [-0.3, -0.25) is 14.9 Å². The minimum absolute atomic E-state index is 0.0142. The SMILES string of the molecule is CC(N)C1CCCCN1C(=O)c1cnn(-c2ccc([N+](=O)[O-])cc2)c1. The molecule has 3 rings (SSSR count). The van der Waals surface area contributed by atoms with E-state index in [1.165, 1.54) is 18.3 Å². The van der Waals surface area contributed by atoms with Crippen molar-refractivity contribution in [3.05, 3.63) is 52.3 Å². The molecule has 0 aliphatic carbocycles. The number of aromatic nitrogens is 2. The first-order valence-corrected chi connectivity index (χ1v) is 8.33. The number of piperidine rings is 1. The number of nitrogens with zero attached hydrogens (tertiary/aromatic N) is 4. The molecule has 2 atom stereocenters. The monoisotopic (exact) mass is 343 g/mol. The topological polar surface area (TPSA) is 107 Å². The van der Waals surface area contributed by atoms with Crippen LogP contribution in [0, 0.1) is 10.1 Å². The Morgan fingerprint density at radius 1 is 1.36 bits per heavy atom. The fourth-order valence-corrected chi connectivity index (χ4v) is 3.22. The summed E-state index contributed by atoms with van der Waals surface area (Å²) in [6.45, 7) is 2.63. The first-order chi connectivity index (χ1) is 12.0. The van der Waals surface area contributed by atoms with Gasteiger partial charge in [-0.05, 0) is 38.3 Å². The molecule has 1 aromatic heterocycles. The number of carbonyl (C=O) groups is 1. The van der Waals surface area contributed by atoms with Crippen molar-refractivity contribution >= 4 is 11.6 Å². The molecule has 0 saturated carbocycles. The summed E-state index contributed by atoms with van der Waals surface area (Å²) < 4.78 is 1.54. The lowest BCUT2D eigenvalue weighted by Gasteiger charge is -2.37. The molecule has 8 nitrogen and oxygen atoms in total. The summed E-state index contributed by atoms with van der Waals surface area (Å²) in [7, 11) is 0. The second-order valence-corrected chi connectivity index (χ2v) is 6.37. The van der Waals surface area contributed by atoms with Crippen LogP contribution in [0.3, 0.4) is 0 Å². The molecule has 1 aliphatic rings. The predicted molar refractivity (Wildman–Crippen MR) is 92.5 cm³/mol. The van der Waals surface area contributed by atoms with Crippen molar-refractivity contribution in [1.82, 2.24) is 14.7 Å². The van der Waals surface area contributed by atoms with E-state index >= 15 is 0 Å². The normalized spacial score (nSPS) is 18.8. The van der Waals surface area contributed by atoms with Crippen molar-refractivity contribution in [2.45, 2.75) is 38.3 Å². The van der Waals surface area contributed by atoms with E-state index in [1.807, 2.05) is 11.8 Å². The summed E-state index contributed by atoms with van der Waals surface area (Å²) in [4.78, 5) is 24.9. The standard InChI is InChI=1S/C17H21N5O3/c1-12(18)16-4-2-3-9-20(16)17(23)13-10-19-21(11-13)14-5-7-15(8-6-14)22(24)25/h5-8,10-12,16H,2-4,9,18H2,1H3. The molecule has 2 heterocycles. The Kier molecular flexibility index (Phi) is 4.80. The van der Waals surface area contributed by atoms with Crippen LogP contribution in [0.4, 0.5) is 5.69 Å². The van der Waals surface area contributed by atoms with Crippen molar-refractivity contribution in [1.29, 1.82) is 0 Å². The Bertz CT molecular complexity index is 769. The van der Waals surface area contributed by atoms with Gasteiger partial charge in [0.15, 0.2) is 0 Å². The summed E-state index contributed by atoms with van der Waals surface area (Å²) in [6.07, 6.45) is 6.15. The zero-order valence-corrected chi connectivity index (χ0v) is 14.0. The number of nitro benzene ring substituents is 1. The van der Waals surface area contributed by atoms with Gasteiger partial charge in [0.25, 0.3) is 11.6 Å². The van der Waals surface area contributed by atoms with E-state index in [1.54, 1.807) is 23.0 Å². The first kappa shape index (κ1) is 17.1. The largest absolute Gasteiger partial charge is 0.334 e. The van der Waals surface area contributed by atoms with Crippen LogP contribution in [-0.4, -0.2) is 44.1 Å². The number of rotatable bonds is 4. The quantitative estimate of drug-likeness (QED) is 0.676. The van der Waals surface area contributed by atoms with E-state index in [4.69, 9.17) is 5.73 Å². The maximum absolute atomic E-state index is 12.8. The lowest BCUT2D eigenvalue weighted by atomic mass is 9.96. The number of likely N-dealkylation sites (tertiary alicyclic amines) is 1. The van der Waals surface area contributed by atoms with Gasteiger partial charge in [0, 0.05) is 37.0 Å². The fourth-order valence-electron chi connectivity index (χ4n) is 3.22. The molecule has 2 unspecified atom stereocenters. The summed E-state index contributed by atoms with van der Waals surface area (Å²) in [5, 5.41) is 14.9. The third-order valence-corrected chi connectivity index (χ3v) is 4.57. The molecular weight excluding hydrogens is 322 g/mol. The highest BCUT2D eigenvalue weighted by atomic mass is 16.6. The van der Waals surface area contributed by atoms with E-state index in [9.17, 15) is 14.9 Å². The van der Waals surface area contributed by atoms with E-state index < -0.39 is 4.92 Å². The number of nitrogens with two attached hydrogens (primary N) is 1. The van der Waals surface area contributed by atoms with E-state index in [2.05, 4.69) is 5.10 Å². The Morgan fingerprint density at radius 2 is 2.08 bits per heavy atom. The summed E-state index contributed by atoms with van der Waals surface area (Å²) >= 11 is 0. The Morgan fingerprint density at radius 3 is 2.72 bits per heavy atom. The number of amides is 1. The average Bonchev–Trinajstić information content (AvgIpc) is 3.11. The molecule has 1 saturated heterocycles. The number of hydrogen-bond donors (Lipinski definition) is 1. The summed E-state index contributed by atoms with van der Waals surface area (Å²) in [5.74, 6) is -0.0739. The van der Waals surface area contributed by atoms with Crippen molar-refractivity contribution in [2.75, 3.05) is 6.54 Å². The molecule has 2 aromatic rings. The molecule has 1 fully saturated rings. The molecule has 1 amide bonds. The number of benzene rings is 1. The molecule has 25 heavy (non-hydrogen) atoms. The third kappa shape index (κ3) is 3.53. The van der Waals surface area contributed by atoms with Crippen molar-refractivity contribution in [3.63, 3.8) is 0 Å². The zero-order chi connectivity index (χ0) is 18.0. The molecule has 1 aliphatic heterocycles. The Balaban J connectivity index is 1.80. The fraction of sp³-hybridized carbons (Fsp3) is 0.412. The second-order valence-electron chi connectivity index (χ2n) is 6.37. The lowest BCUT2D eigenvalue weighted by Crippen LogP contribution is -2.51. The second kappa shape index (κ2) is 7.02. The molecular formula is C17H21N5O3. The van der Waals surface area contributed by atoms with Crippen LogP contribution < -0.4 is 5.73 Å². The lowest BCUT2D eigenvalue weighted by molar-refractivity contribution is -0.384. The van der Waals surface area contributed by atoms with Crippen LogP contribution in [0.2, 0.25) is 0 Å². The predicted octanol–water partition coefficient (Wildman–Crippen LogP) is 2.12. The van der Waals surface area contributed by atoms with Gasteiger partial charge < -0.3 is 10.6 Å². The summed E-state index contributed by atoms with van der Waals surface area (Å²) in [6, 6.07) is 6.00. The molecule has 2 N–H and O–H groups in total. The number of carbonyl (C=O) groups excluding carboxylic acids is 1. The maximum Gasteiger partial charge on any atom is 0.269 e. The van der Waals surface area contributed by atoms with Crippen LogP contribution in [0.15, 0.2) is 36.7 Å². The third-order valence-electron chi connectivity index (χ3n) is 4.57. The highest BCUT2D eigenvalue weighted by Crippen LogP contribution is 2.22. The van der Waals surface area contributed by atoms with Gasteiger partial charge in [-0.25, -0.2) is 4.68 Å². The van der Waals surface area contributed by atoms with E-state index in [0.717, 1.165) is 19.3 Å². The highest BCUT2D eigenvalue weighted by molar-refractivity contribution is 5.94. The Labute approximate surface area is 145 Å². The van der Waals surface area contributed by atoms with Gasteiger partial charge in [0.2, 0.25) is 0 Å². The minimum Gasteiger partial charge on any atom is -0.334 e. The van der Waals surface area contributed by atoms with Gasteiger partial charge in [-0.2, -0.15) is 5.10 Å². The van der Waals surface area contributed by atoms with Gasteiger partial charge in [0.05, 0.1) is 22.4 Å². The summed E-state index contributed by atoms with van der Waals surface area (Å²) in [5.41, 5.74) is 7.20. The zero-order valence-electron chi connectivity index (χ0n) is 14.0. The number of nitro groups is 1. The van der Waals surface area contributed by atoms with Crippen LogP contribution in [0.25, 0.3) is 5.69 Å². The molecule has 0 radical (unpaired) electrons. The number of non-ortho nitro benzene ring substituents is 1. The first-order valence-electron chi connectivity index (χ1n) is 8.33. The molecule has 0 spiro atoms. The van der Waals surface area contributed by atoms with Crippen molar-refractivity contribution in [3.8, 4) is 5.69 Å². The van der Waals surface area contributed by atoms with Gasteiger partial charge in [0.1, 0.15) is 0 Å². The van der Waals surface area contributed by atoms with E-state index in [0.29, 0.717) is 17.8 Å². The maximum atomic E-state index is 12.8. The van der Waals surface area contributed by atoms with Crippen LogP contribution in [-0.2, 0) is 0 Å². The smallest absolute Gasteiger partial charge is 0.269 e. The van der Waals surface area contributed by atoms with Gasteiger partial charge >= 0.3 is 0 Å². The van der Waals surface area contributed by atoms with Crippen LogP contribution in [0.1, 0.15) is 36.5 Å².